The Morgan fingerprint density at radius 3 is 2.92 bits per heavy atom. The Kier molecular flexibility index (Phi) is 4.57. The molecule has 2 heterocycles. The fourth-order valence-electron chi connectivity index (χ4n) is 2.13. The number of carbonyl (C=O) groups is 1. The van der Waals surface area contributed by atoms with Gasteiger partial charge in [0.1, 0.15) is 5.75 Å². The van der Waals surface area contributed by atoms with Crippen molar-refractivity contribution < 1.29 is 18.3 Å². The number of halogens is 3. The van der Waals surface area contributed by atoms with Gasteiger partial charge in [0.2, 0.25) is 0 Å². The Labute approximate surface area is 140 Å². The molecule has 0 aliphatic heterocycles. The average molecular weight is 353 g/mol. The first-order valence-corrected chi connectivity index (χ1v) is 7.23. The molecule has 0 unspecified atom stereocenters. The molecule has 0 saturated heterocycles. The highest BCUT2D eigenvalue weighted by molar-refractivity contribution is 6.32. The summed E-state index contributed by atoms with van der Waals surface area (Å²) in [6.07, 6.45) is 3.21. The van der Waals surface area contributed by atoms with Crippen molar-refractivity contribution in [3.8, 4) is 5.75 Å². The van der Waals surface area contributed by atoms with Gasteiger partial charge >= 0.3 is 6.61 Å². The van der Waals surface area contributed by atoms with Crippen molar-refractivity contribution in [2.75, 3.05) is 0 Å². The minimum Gasteiger partial charge on any atom is -0.433 e. The van der Waals surface area contributed by atoms with Crippen molar-refractivity contribution in [3.63, 3.8) is 0 Å². The SMILES string of the molecule is O=C(NCc1cnn2ncccc12)c1ccc(OC(F)F)c(Cl)c1. The smallest absolute Gasteiger partial charge is 0.387 e. The van der Waals surface area contributed by atoms with Gasteiger partial charge in [0.05, 0.1) is 16.7 Å². The first-order valence-electron chi connectivity index (χ1n) is 6.85. The van der Waals surface area contributed by atoms with Gasteiger partial charge in [-0.1, -0.05) is 11.6 Å². The Morgan fingerprint density at radius 2 is 2.17 bits per heavy atom. The van der Waals surface area contributed by atoms with E-state index in [1.807, 2.05) is 6.07 Å². The third-order valence-corrected chi connectivity index (χ3v) is 3.53. The second-order valence-electron chi connectivity index (χ2n) is 4.77. The topological polar surface area (TPSA) is 68.5 Å². The Balaban J connectivity index is 1.70. The largest absolute Gasteiger partial charge is 0.433 e. The van der Waals surface area contributed by atoms with Crippen LogP contribution < -0.4 is 10.1 Å². The molecule has 0 spiro atoms. The lowest BCUT2D eigenvalue weighted by Gasteiger charge is -2.09. The molecule has 1 amide bonds. The van der Waals surface area contributed by atoms with E-state index in [-0.39, 0.29) is 22.9 Å². The number of rotatable bonds is 5. The summed E-state index contributed by atoms with van der Waals surface area (Å²) in [5.74, 6) is -0.583. The van der Waals surface area contributed by atoms with Crippen molar-refractivity contribution in [2.45, 2.75) is 13.2 Å². The summed E-state index contributed by atoms with van der Waals surface area (Å²) in [4.78, 5) is 12.2. The molecule has 124 valence electrons. The lowest BCUT2D eigenvalue weighted by atomic mass is 10.2. The van der Waals surface area contributed by atoms with Crippen LogP contribution in [0.2, 0.25) is 5.02 Å². The average Bonchev–Trinajstić information content (AvgIpc) is 2.97. The van der Waals surface area contributed by atoms with Gasteiger partial charge in [-0.3, -0.25) is 4.79 Å². The van der Waals surface area contributed by atoms with Crippen LogP contribution in [-0.2, 0) is 6.54 Å². The van der Waals surface area contributed by atoms with E-state index in [1.165, 1.54) is 22.8 Å². The van der Waals surface area contributed by atoms with E-state index in [0.29, 0.717) is 0 Å². The van der Waals surface area contributed by atoms with Gasteiger partial charge in [-0.05, 0) is 30.3 Å². The number of nitrogens with one attached hydrogen (secondary N) is 1. The molecule has 2 aromatic heterocycles. The number of hydrogen-bond donors (Lipinski definition) is 1. The normalized spacial score (nSPS) is 11.0. The van der Waals surface area contributed by atoms with Crippen LogP contribution >= 0.6 is 11.6 Å². The van der Waals surface area contributed by atoms with Crippen LogP contribution in [0.1, 0.15) is 15.9 Å². The van der Waals surface area contributed by atoms with Gasteiger partial charge in [-0.15, -0.1) is 0 Å². The number of aromatic nitrogens is 3. The summed E-state index contributed by atoms with van der Waals surface area (Å²) < 4.78 is 30.1. The molecule has 0 saturated carbocycles. The zero-order valence-electron chi connectivity index (χ0n) is 12.1. The van der Waals surface area contributed by atoms with Crippen molar-refractivity contribution in [1.82, 2.24) is 20.1 Å². The lowest BCUT2D eigenvalue weighted by molar-refractivity contribution is -0.0497. The fraction of sp³-hybridized carbons (Fsp3) is 0.133. The second kappa shape index (κ2) is 6.79. The zero-order chi connectivity index (χ0) is 17.1. The molecule has 1 N–H and O–H groups in total. The van der Waals surface area contributed by atoms with Gasteiger partial charge in [-0.25, -0.2) is 0 Å². The first kappa shape index (κ1) is 16.1. The second-order valence-corrected chi connectivity index (χ2v) is 5.18. The minimum atomic E-state index is -2.98. The van der Waals surface area contributed by atoms with E-state index in [0.717, 1.165) is 11.1 Å². The van der Waals surface area contributed by atoms with Crippen molar-refractivity contribution in [3.05, 3.63) is 58.9 Å². The number of hydrogen-bond acceptors (Lipinski definition) is 4. The van der Waals surface area contributed by atoms with Crippen molar-refractivity contribution >= 4 is 23.0 Å². The van der Waals surface area contributed by atoms with Crippen LogP contribution in [0.3, 0.4) is 0 Å². The summed E-state index contributed by atoms with van der Waals surface area (Å²) in [5.41, 5.74) is 1.80. The third-order valence-electron chi connectivity index (χ3n) is 3.23. The molecule has 0 radical (unpaired) electrons. The summed E-state index contributed by atoms with van der Waals surface area (Å²) in [5, 5.41) is 10.7. The van der Waals surface area contributed by atoms with Crippen molar-refractivity contribution in [1.29, 1.82) is 0 Å². The molecular weight excluding hydrogens is 342 g/mol. The van der Waals surface area contributed by atoms with E-state index in [4.69, 9.17) is 11.6 Å². The highest BCUT2D eigenvalue weighted by atomic mass is 35.5. The first-order chi connectivity index (χ1) is 11.5. The summed E-state index contributed by atoms with van der Waals surface area (Å²) in [6, 6.07) is 7.45. The maximum Gasteiger partial charge on any atom is 0.387 e. The van der Waals surface area contributed by atoms with Gasteiger partial charge in [0, 0.05) is 23.9 Å². The predicted molar refractivity (Wildman–Crippen MR) is 82.2 cm³/mol. The quantitative estimate of drug-likeness (QED) is 0.766. The van der Waals surface area contributed by atoms with Gasteiger partial charge in [0.15, 0.2) is 0 Å². The maximum absolute atomic E-state index is 12.2. The van der Waals surface area contributed by atoms with E-state index < -0.39 is 12.5 Å². The van der Waals surface area contributed by atoms with Crippen LogP contribution in [0, 0.1) is 0 Å². The molecule has 24 heavy (non-hydrogen) atoms. The number of amides is 1. The fourth-order valence-corrected chi connectivity index (χ4v) is 2.36. The van der Waals surface area contributed by atoms with E-state index >= 15 is 0 Å². The maximum atomic E-state index is 12.2. The minimum absolute atomic E-state index is 0.0665. The van der Waals surface area contributed by atoms with Gasteiger partial charge in [-0.2, -0.15) is 23.6 Å². The van der Waals surface area contributed by atoms with Crippen LogP contribution in [0.15, 0.2) is 42.7 Å². The highest BCUT2D eigenvalue weighted by Crippen LogP contribution is 2.27. The molecular formula is C15H11ClF2N4O2. The number of fused-ring (bicyclic) bond motifs is 1. The van der Waals surface area contributed by atoms with Gasteiger partial charge in [0.25, 0.3) is 5.91 Å². The van der Waals surface area contributed by atoms with Crippen LogP contribution in [0.5, 0.6) is 5.75 Å². The molecule has 1 aromatic carbocycles. The summed E-state index contributed by atoms with van der Waals surface area (Å²) in [6.45, 7) is -2.74. The molecule has 9 heteroatoms. The molecule has 3 rings (SSSR count). The van der Waals surface area contributed by atoms with E-state index in [2.05, 4.69) is 20.3 Å². The van der Waals surface area contributed by atoms with Gasteiger partial charge < -0.3 is 10.1 Å². The molecule has 0 bridgehead atoms. The van der Waals surface area contributed by atoms with E-state index in [1.54, 1.807) is 18.5 Å². The van der Waals surface area contributed by atoms with Crippen molar-refractivity contribution in [2.24, 2.45) is 0 Å². The lowest BCUT2D eigenvalue weighted by Crippen LogP contribution is -2.22. The van der Waals surface area contributed by atoms with Crippen LogP contribution in [0.4, 0.5) is 8.78 Å². The molecule has 0 aliphatic rings. The number of nitrogens with zero attached hydrogens (tertiary/aromatic N) is 3. The summed E-state index contributed by atoms with van der Waals surface area (Å²) >= 11 is 5.84. The number of carbonyl (C=O) groups excluding carboxylic acids is 1. The molecule has 0 fully saturated rings. The molecule has 6 nitrogen and oxygen atoms in total. The highest BCUT2D eigenvalue weighted by Gasteiger charge is 2.13. The summed E-state index contributed by atoms with van der Waals surface area (Å²) in [7, 11) is 0. The standard InChI is InChI=1S/C15H11ClF2N4O2/c16-11-6-9(3-4-13(11)24-15(17)18)14(23)19-7-10-8-21-22-12(10)2-1-5-20-22/h1-6,8,15H,7H2,(H,19,23). The Hall–Kier alpha value is -2.74. The number of benzene rings is 1. The third kappa shape index (κ3) is 3.43. The Morgan fingerprint density at radius 1 is 1.33 bits per heavy atom. The zero-order valence-corrected chi connectivity index (χ0v) is 12.9. The number of alkyl halides is 2. The van der Waals surface area contributed by atoms with E-state index in [9.17, 15) is 13.6 Å². The van der Waals surface area contributed by atoms with Crippen LogP contribution in [-0.4, -0.2) is 27.3 Å². The van der Waals surface area contributed by atoms with Crippen LogP contribution in [0.25, 0.3) is 5.52 Å². The Bertz CT molecular complexity index is 885. The monoisotopic (exact) mass is 352 g/mol. The predicted octanol–water partition coefficient (Wildman–Crippen LogP) is 2.91. The molecule has 3 aromatic rings. The molecule has 0 aliphatic carbocycles. The molecule has 0 atom stereocenters. The number of ether oxygens (including phenoxy) is 1.